The third-order valence-electron chi connectivity index (χ3n) is 2.61. The molecule has 0 aromatic rings. The van der Waals surface area contributed by atoms with Crippen LogP contribution in [0.4, 0.5) is 0 Å². The molecule has 1 aliphatic heterocycles. The molecule has 0 spiro atoms. The van der Waals surface area contributed by atoms with Crippen molar-refractivity contribution in [3.63, 3.8) is 0 Å². The number of primary amides is 1. The molecular weight excluding hydrogens is 208 g/mol. The fourth-order valence-corrected chi connectivity index (χ4v) is 1.57. The summed E-state index contributed by atoms with van der Waals surface area (Å²) in [6.07, 6.45) is 4.40. The van der Waals surface area contributed by atoms with Crippen molar-refractivity contribution in [1.29, 1.82) is 0 Å². The van der Waals surface area contributed by atoms with Gasteiger partial charge in [-0.3, -0.25) is 9.59 Å². The van der Waals surface area contributed by atoms with Crippen molar-refractivity contribution in [3.8, 4) is 0 Å². The van der Waals surface area contributed by atoms with Gasteiger partial charge in [-0.25, -0.2) is 0 Å². The highest BCUT2D eigenvalue weighted by atomic mass is 16.6. The number of hydrogen-bond acceptors (Lipinski definition) is 3. The molecule has 1 heterocycles. The quantitative estimate of drug-likeness (QED) is 0.463. The molecule has 16 heavy (non-hydrogen) atoms. The molecule has 1 rings (SSSR count). The second-order valence-corrected chi connectivity index (χ2v) is 4.08. The minimum Gasteiger partial charge on any atom is -0.367 e. The number of carbonyl (C=O) groups is 2. The summed E-state index contributed by atoms with van der Waals surface area (Å²) in [7, 11) is 0. The molecule has 1 fully saturated rings. The van der Waals surface area contributed by atoms with Crippen LogP contribution < -0.4 is 11.1 Å². The van der Waals surface area contributed by atoms with Crippen molar-refractivity contribution >= 4 is 11.8 Å². The average Bonchev–Trinajstić information content (AvgIpc) is 3.02. The molecule has 3 N–H and O–H groups in total. The highest BCUT2D eigenvalue weighted by Crippen LogP contribution is 2.21. The molecule has 5 nitrogen and oxygen atoms in total. The summed E-state index contributed by atoms with van der Waals surface area (Å²) in [4.78, 5) is 22.0. The largest absolute Gasteiger partial charge is 0.367 e. The smallest absolute Gasteiger partial charge is 0.252 e. The lowest BCUT2D eigenvalue weighted by Gasteiger charge is -2.02. The summed E-state index contributed by atoms with van der Waals surface area (Å²) in [6.45, 7) is 2.81. The predicted molar refractivity (Wildman–Crippen MR) is 59.6 cm³/mol. The van der Waals surface area contributed by atoms with Gasteiger partial charge in [-0.15, -0.1) is 0 Å². The Labute approximate surface area is 95.7 Å². The van der Waals surface area contributed by atoms with E-state index in [1.807, 2.05) is 0 Å². The summed E-state index contributed by atoms with van der Waals surface area (Å²) in [5.74, 6) is -0.789. The molecule has 0 bridgehead atoms. The van der Waals surface area contributed by atoms with Gasteiger partial charge in [0.2, 0.25) is 5.91 Å². The maximum atomic E-state index is 11.4. The van der Waals surface area contributed by atoms with E-state index in [0.29, 0.717) is 6.54 Å². The SMILES string of the molecule is CCCCCCCNC(=O)[C@H]1O[C@H]1C(N)=O. The molecular formula is C11H20N2O3. The van der Waals surface area contributed by atoms with Crippen molar-refractivity contribution in [2.24, 2.45) is 5.73 Å². The van der Waals surface area contributed by atoms with Crippen LogP contribution in [-0.2, 0) is 14.3 Å². The number of unbranched alkanes of at least 4 members (excludes halogenated alkanes) is 4. The van der Waals surface area contributed by atoms with Gasteiger partial charge in [0.1, 0.15) is 0 Å². The molecule has 0 aromatic heterocycles. The Morgan fingerprint density at radius 3 is 2.44 bits per heavy atom. The maximum absolute atomic E-state index is 11.4. The van der Waals surface area contributed by atoms with E-state index < -0.39 is 18.1 Å². The second-order valence-electron chi connectivity index (χ2n) is 4.08. The van der Waals surface area contributed by atoms with E-state index in [1.165, 1.54) is 19.3 Å². The second kappa shape index (κ2) is 6.48. The third-order valence-corrected chi connectivity index (χ3v) is 2.61. The molecule has 0 unspecified atom stereocenters. The highest BCUT2D eigenvalue weighted by Gasteiger charge is 2.49. The molecule has 0 radical (unpaired) electrons. The van der Waals surface area contributed by atoms with Crippen molar-refractivity contribution in [1.82, 2.24) is 5.32 Å². The Bertz CT molecular complexity index is 256. The molecule has 1 saturated heterocycles. The van der Waals surface area contributed by atoms with E-state index in [-0.39, 0.29) is 5.91 Å². The number of nitrogens with two attached hydrogens (primary N) is 1. The van der Waals surface area contributed by atoms with Crippen LogP contribution in [0.15, 0.2) is 0 Å². The van der Waals surface area contributed by atoms with Crippen LogP contribution in [-0.4, -0.2) is 30.6 Å². The molecule has 0 aromatic carbocycles. The number of hydrogen-bond donors (Lipinski definition) is 2. The van der Waals surface area contributed by atoms with Crippen LogP contribution in [0.1, 0.15) is 39.0 Å². The average molecular weight is 228 g/mol. The van der Waals surface area contributed by atoms with E-state index in [2.05, 4.69) is 12.2 Å². The molecule has 2 amide bonds. The van der Waals surface area contributed by atoms with E-state index in [4.69, 9.17) is 10.5 Å². The first-order chi connectivity index (χ1) is 7.66. The van der Waals surface area contributed by atoms with Gasteiger partial charge in [0.05, 0.1) is 0 Å². The topological polar surface area (TPSA) is 84.7 Å². The minimum atomic E-state index is -0.708. The van der Waals surface area contributed by atoms with Gasteiger partial charge in [0.15, 0.2) is 12.2 Å². The van der Waals surface area contributed by atoms with Gasteiger partial charge in [-0.05, 0) is 6.42 Å². The molecule has 92 valence electrons. The zero-order valence-electron chi connectivity index (χ0n) is 9.70. The summed E-state index contributed by atoms with van der Waals surface area (Å²) in [6, 6.07) is 0. The maximum Gasteiger partial charge on any atom is 0.252 e. The highest BCUT2D eigenvalue weighted by molar-refractivity contribution is 5.94. The van der Waals surface area contributed by atoms with Crippen molar-refractivity contribution in [2.75, 3.05) is 6.54 Å². The van der Waals surface area contributed by atoms with Gasteiger partial charge in [-0.1, -0.05) is 32.6 Å². The van der Waals surface area contributed by atoms with Crippen LogP contribution in [0.2, 0.25) is 0 Å². The van der Waals surface area contributed by atoms with Crippen LogP contribution in [0.25, 0.3) is 0 Å². The lowest BCUT2D eigenvalue weighted by atomic mass is 10.1. The lowest BCUT2D eigenvalue weighted by Crippen LogP contribution is -2.32. The first-order valence-corrected chi connectivity index (χ1v) is 5.89. The van der Waals surface area contributed by atoms with Crippen molar-refractivity contribution in [2.45, 2.75) is 51.2 Å². The Morgan fingerprint density at radius 1 is 1.19 bits per heavy atom. The first-order valence-electron chi connectivity index (χ1n) is 5.89. The lowest BCUT2D eigenvalue weighted by molar-refractivity contribution is -0.123. The molecule has 0 saturated carbocycles. The summed E-state index contributed by atoms with van der Waals surface area (Å²) >= 11 is 0. The van der Waals surface area contributed by atoms with Crippen molar-refractivity contribution < 1.29 is 14.3 Å². The number of amides is 2. The summed E-state index contributed by atoms with van der Waals surface area (Å²) in [5, 5.41) is 2.73. The number of ether oxygens (including phenoxy) is 1. The Hall–Kier alpha value is -1.10. The Morgan fingerprint density at radius 2 is 1.88 bits per heavy atom. The van der Waals surface area contributed by atoms with Crippen LogP contribution in [0, 0.1) is 0 Å². The molecule has 5 heteroatoms. The van der Waals surface area contributed by atoms with E-state index in [1.54, 1.807) is 0 Å². The van der Waals surface area contributed by atoms with Crippen LogP contribution >= 0.6 is 0 Å². The fraction of sp³-hybridized carbons (Fsp3) is 0.818. The Kier molecular flexibility index (Phi) is 5.25. The summed E-state index contributed by atoms with van der Waals surface area (Å²) in [5.41, 5.74) is 4.99. The molecule has 0 aliphatic carbocycles. The molecule has 1 aliphatic rings. The Balaban J connectivity index is 1.98. The van der Waals surface area contributed by atoms with Gasteiger partial charge in [0.25, 0.3) is 5.91 Å². The van der Waals surface area contributed by atoms with Gasteiger partial charge in [0, 0.05) is 6.54 Å². The normalized spacial score (nSPS) is 22.8. The number of carbonyl (C=O) groups excluding carboxylic acids is 2. The van der Waals surface area contributed by atoms with Gasteiger partial charge < -0.3 is 15.8 Å². The van der Waals surface area contributed by atoms with Crippen LogP contribution in [0.5, 0.6) is 0 Å². The minimum absolute atomic E-state index is 0.223. The van der Waals surface area contributed by atoms with E-state index in [0.717, 1.165) is 12.8 Å². The molecule has 2 atom stereocenters. The zero-order valence-corrected chi connectivity index (χ0v) is 9.70. The standard InChI is InChI=1S/C11H20N2O3/c1-2-3-4-5-6-7-13-11(15)9-8(16-9)10(12)14/h8-9H,2-7H2,1H3,(H2,12,14)(H,13,15)/t8-,9+/m1/s1. The number of rotatable bonds is 8. The van der Waals surface area contributed by atoms with Gasteiger partial charge in [-0.2, -0.15) is 0 Å². The van der Waals surface area contributed by atoms with E-state index >= 15 is 0 Å². The predicted octanol–water partition coefficient (Wildman–Crippen LogP) is 0.326. The van der Waals surface area contributed by atoms with Crippen molar-refractivity contribution in [3.05, 3.63) is 0 Å². The zero-order chi connectivity index (χ0) is 12.0. The summed E-state index contributed by atoms with van der Waals surface area (Å²) < 4.78 is 4.85. The van der Waals surface area contributed by atoms with Crippen LogP contribution in [0.3, 0.4) is 0 Å². The monoisotopic (exact) mass is 228 g/mol. The van der Waals surface area contributed by atoms with E-state index in [9.17, 15) is 9.59 Å². The fourth-order valence-electron chi connectivity index (χ4n) is 1.57. The number of nitrogens with one attached hydrogen (secondary N) is 1. The third kappa shape index (κ3) is 4.18. The van der Waals surface area contributed by atoms with Gasteiger partial charge >= 0.3 is 0 Å². The number of epoxide rings is 1. The first kappa shape index (κ1) is 13.0.